The number of hydrogen-bond acceptors (Lipinski definition) is 1. The summed E-state index contributed by atoms with van der Waals surface area (Å²) in [7, 11) is 0. The number of fused-ring (bicyclic) bond motifs is 1. The van der Waals surface area contributed by atoms with Crippen molar-refractivity contribution in [3.8, 4) is 0 Å². The lowest BCUT2D eigenvalue weighted by Crippen LogP contribution is -1.93. The van der Waals surface area contributed by atoms with E-state index in [4.69, 9.17) is 0 Å². The predicted molar refractivity (Wildman–Crippen MR) is 96.5 cm³/mol. The molecule has 0 N–H and O–H groups in total. The molecule has 0 aliphatic heterocycles. The van der Waals surface area contributed by atoms with Gasteiger partial charge in [-0.3, -0.25) is 4.79 Å². The Morgan fingerprint density at radius 1 is 0.857 bits per heavy atom. The van der Waals surface area contributed by atoms with Gasteiger partial charge in [0.25, 0.3) is 0 Å². The first kappa shape index (κ1) is 14.0. The predicted octanol–water partition coefficient (Wildman–Crippen LogP) is 5.34. The highest BCUT2D eigenvalue weighted by Crippen LogP contribution is 2.17. The van der Waals surface area contributed by atoms with E-state index in [0.717, 1.165) is 9.13 Å². The van der Waals surface area contributed by atoms with Crippen LogP contribution in [0.15, 0.2) is 72.8 Å². The van der Waals surface area contributed by atoms with Crippen molar-refractivity contribution in [3.63, 3.8) is 0 Å². The Hall–Kier alpha value is -1.94. The molecule has 3 aromatic carbocycles. The van der Waals surface area contributed by atoms with E-state index in [1.54, 1.807) is 6.08 Å². The average molecular weight is 384 g/mol. The fourth-order valence-corrected chi connectivity index (χ4v) is 2.55. The van der Waals surface area contributed by atoms with Crippen molar-refractivity contribution in [2.45, 2.75) is 0 Å². The van der Waals surface area contributed by atoms with Crippen LogP contribution in [0.2, 0.25) is 0 Å². The van der Waals surface area contributed by atoms with E-state index in [1.807, 2.05) is 48.5 Å². The minimum Gasteiger partial charge on any atom is -0.289 e. The van der Waals surface area contributed by atoms with Crippen molar-refractivity contribution < 1.29 is 4.79 Å². The molecule has 21 heavy (non-hydrogen) atoms. The first-order valence-electron chi connectivity index (χ1n) is 6.69. The molecule has 0 heterocycles. The van der Waals surface area contributed by atoms with Crippen LogP contribution in [-0.4, -0.2) is 5.78 Å². The second-order valence-electron chi connectivity index (χ2n) is 4.81. The molecule has 0 bridgehead atoms. The molecule has 0 radical (unpaired) electrons. The van der Waals surface area contributed by atoms with Crippen molar-refractivity contribution in [2.75, 3.05) is 0 Å². The van der Waals surface area contributed by atoms with Crippen LogP contribution in [-0.2, 0) is 0 Å². The quantitative estimate of drug-likeness (QED) is 0.339. The van der Waals surface area contributed by atoms with Gasteiger partial charge in [0.1, 0.15) is 0 Å². The summed E-state index contributed by atoms with van der Waals surface area (Å²) in [5.41, 5.74) is 1.75. The molecule has 1 nitrogen and oxygen atoms in total. The Morgan fingerprint density at radius 3 is 2.33 bits per heavy atom. The van der Waals surface area contributed by atoms with Crippen molar-refractivity contribution in [3.05, 3.63) is 87.5 Å². The van der Waals surface area contributed by atoms with Gasteiger partial charge in [-0.05, 0) is 63.2 Å². The van der Waals surface area contributed by atoms with Gasteiger partial charge in [-0.25, -0.2) is 0 Å². The van der Waals surface area contributed by atoms with E-state index in [2.05, 4.69) is 46.9 Å². The topological polar surface area (TPSA) is 17.1 Å². The van der Waals surface area contributed by atoms with E-state index in [-0.39, 0.29) is 5.78 Å². The molecule has 0 unspecified atom stereocenters. The van der Waals surface area contributed by atoms with Gasteiger partial charge in [0.15, 0.2) is 5.78 Å². The minimum atomic E-state index is 0.0274. The Kier molecular flexibility index (Phi) is 4.15. The Balaban J connectivity index is 1.83. The summed E-state index contributed by atoms with van der Waals surface area (Å²) >= 11 is 2.23. The van der Waals surface area contributed by atoms with E-state index in [9.17, 15) is 4.79 Å². The Morgan fingerprint density at radius 2 is 1.57 bits per heavy atom. The molecule has 0 fully saturated rings. The lowest BCUT2D eigenvalue weighted by atomic mass is 10.1. The van der Waals surface area contributed by atoms with Crippen LogP contribution in [0.3, 0.4) is 0 Å². The highest BCUT2D eigenvalue weighted by molar-refractivity contribution is 14.1. The van der Waals surface area contributed by atoms with Gasteiger partial charge < -0.3 is 0 Å². The third kappa shape index (κ3) is 3.39. The van der Waals surface area contributed by atoms with E-state index >= 15 is 0 Å². The molecule has 0 aliphatic rings. The normalized spacial score (nSPS) is 11.1. The summed E-state index contributed by atoms with van der Waals surface area (Å²) in [4.78, 5) is 12.1. The smallest absolute Gasteiger partial charge is 0.185 e. The Bertz CT molecular complexity index is 816. The first-order chi connectivity index (χ1) is 10.2. The van der Waals surface area contributed by atoms with E-state index in [0.29, 0.717) is 5.56 Å². The maximum Gasteiger partial charge on any atom is 0.185 e. The molecule has 0 aliphatic carbocycles. The molecular weight excluding hydrogens is 371 g/mol. The molecule has 0 saturated heterocycles. The molecule has 0 atom stereocenters. The van der Waals surface area contributed by atoms with Gasteiger partial charge in [-0.1, -0.05) is 54.6 Å². The number of halogens is 1. The van der Waals surface area contributed by atoms with Gasteiger partial charge in [0.2, 0.25) is 0 Å². The SMILES string of the molecule is O=C(C=Cc1ccc2ccccc2c1)c1ccc(I)cc1. The van der Waals surface area contributed by atoms with Gasteiger partial charge in [-0.2, -0.15) is 0 Å². The zero-order chi connectivity index (χ0) is 14.7. The van der Waals surface area contributed by atoms with Crippen LogP contribution >= 0.6 is 22.6 Å². The summed E-state index contributed by atoms with van der Waals surface area (Å²) in [6.45, 7) is 0. The number of carbonyl (C=O) groups excluding carboxylic acids is 1. The van der Waals surface area contributed by atoms with Crippen LogP contribution in [0.1, 0.15) is 15.9 Å². The fraction of sp³-hybridized carbons (Fsp3) is 0. The van der Waals surface area contributed by atoms with Crippen molar-refractivity contribution in [2.24, 2.45) is 0 Å². The molecule has 3 rings (SSSR count). The summed E-state index contributed by atoms with van der Waals surface area (Å²) in [6.07, 6.45) is 3.50. The number of ketones is 1. The van der Waals surface area contributed by atoms with E-state index < -0.39 is 0 Å². The van der Waals surface area contributed by atoms with Gasteiger partial charge >= 0.3 is 0 Å². The summed E-state index contributed by atoms with van der Waals surface area (Å²) in [5.74, 6) is 0.0274. The average Bonchev–Trinajstić information content (AvgIpc) is 2.53. The molecule has 3 aromatic rings. The number of allylic oxidation sites excluding steroid dienone is 1. The van der Waals surface area contributed by atoms with E-state index in [1.165, 1.54) is 10.8 Å². The summed E-state index contributed by atoms with van der Waals surface area (Å²) < 4.78 is 1.13. The van der Waals surface area contributed by atoms with Crippen molar-refractivity contribution in [1.29, 1.82) is 0 Å². The monoisotopic (exact) mass is 384 g/mol. The maximum absolute atomic E-state index is 12.1. The maximum atomic E-state index is 12.1. The second-order valence-corrected chi connectivity index (χ2v) is 6.06. The lowest BCUT2D eigenvalue weighted by molar-refractivity contribution is 0.104. The number of hydrogen-bond donors (Lipinski definition) is 0. The van der Waals surface area contributed by atoms with Crippen molar-refractivity contribution >= 4 is 45.2 Å². The van der Waals surface area contributed by atoms with Crippen LogP contribution in [0.4, 0.5) is 0 Å². The van der Waals surface area contributed by atoms with Crippen LogP contribution in [0.25, 0.3) is 16.8 Å². The van der Waals surface area contributed by atoms with Crippen LogP contribution in [0, 0.1) is 3.57 Å². The molecule has 102 valence electrons. The molecule has 2 heteroatoms. The minimum absolute atomic E-state index is 0.0274. The van der Waals surface area contributed by atoms with Crippen molar-refractivity contribution in [1.82, 2.24) is 0 Å². The van der Waals surface area contributed by atoms with Crippen LogP contribution in [0.5, 0.6) is 0 Å². The largest absolute Gasteiger partial charge is 0.289 e. The lowest BCUT2D eigenvalue weighted by Gasteiger charge is -1.99. The molecule has 0 aromatic heterocycles. The third-order valence-electron chi connectivity index (χ3n) is 3.33. The molecule has 0 saturated carbocycles. The zero-order valence-electron chi connectivity index (χ0n) is 11.3. The number of benzene rings is 3. The van der Waals surface area contributed by atoms with Gasteiger partial charge in [-0.15, -0.1) is 0 Å². The van der Waals surface area contributed by atoms with Gasteiger partial charge in [0.05, 0.1) is 0 Å². The molecule has 0 spiro atoms. The molecular formula is C19H13IO. The first-order valence-corrected chi connectivity index (χ1v) is 7.77. The highest BCUT2D eigenvalue weighted by Gasteiger charge is 2.01. The highest BCUT2D eigenvalue weighted by atomic mass is 127. The molecule has 0 amide bonds. The Labute approximate surface area is 137 Å². The summed E-state index contributed by atoms with van der Waals surface area (Å²) in [6, 6.07) is 22.0. The number of rotatable bonds is 3. The zero-order valence-corrected chi connectivity index (χ0v) is 13.4. The standard InChI is InChI=1S/C19H13IO/c20-18-10-8-16(9-11-18)19(21)12-6-14-5-7-15-3-1-2-4-17(15)13-14/h1-13H. The fourth-order valence-electron chi connectivity index (χ4n) is 2.19. The van der Waals surface area contributed by atoms with Gasteiger partial charge in [0, 0.05) is 9.13 Å². The summed E-state index contributed by atoms with van der Waals surface area (Å²) in [5, 5.41) is 2.39. The third-order valence-corrected chi connectivity index (χ3v) is 4.05. The second kappa shape index (κ2) is 6.22. The van der Waals surface area contributed by atoms with Crippen LogP contribution < -0.4 is 0 Å². The number of carbonyl (C=O) groups is 1.